The molecule has 0 aromatic rings. The smallest absolute Gasteiger partial charge is 0.785 e. The Morgan fingerprint density at radius 2 is 1.83 bits per heavy atom. The van der Waals surface area contributed by atoms with Crippen LogP contribution in [0.4, 0.5) is 0 Å². The summed E-state index contributed by atoms with van der Waals surface area (Å²) in [6.45, 7) is 7.10. The Morgan fingerprint density at radius 1 is 1.12 bits per heavy atom. The van der Waals surface area contributed by atoms with Crippen LogP contribution < -0.4 is 58.2 Å². The summed E-state index contributed by atoms with van der Waals surface area (Å²) >= 11 is 5.63. The monoisotopic (exact) mass is 414 g/mol. The zero-order valence-corrected chi connectivity index (χ0v) is 21.4. The Hall–Kier alpha value is 1.34. The maximum Gasteiger partial charge on any atom is 1.00 e. The molecule has 0 heterocycles. The van der Waals surface area contributed by atoms with E-state index in [1.807, 2.05) is 0 Å². The number of hydrogen-bond donors (Lipinski definition) is 1. The molecule has 0 spiro atoms. The number of aliphatic hydroxyl groups excluding tert-OH is 1. The molecule has 4 aliphatic carbocycles. The third kappa shape index (κ3) is 2.90. The standard InChI is InChI=1S/C21H30OS.Rb/c1-13(23)17-6-7-18-16-5-4-14-12-15(22)8-10-20(14,2)19(16)9-11-21(17,18)3;/h4-6,13,15,18-19,22-23H,7-12H2,1-3H3;/q;+1/p-1. The maximum atomic E-state index is 10.1. The van der Waals surface area contributed by atoms with Gasteiger partial charge in [-0.3, -0.25) is 0 Å². The van der Waals surface area contributed by atoms with Crippen LogP contribution >= 0.6 is 0 Å². The van der Waals surface area contributed by atoms with Crippen molar-refractivity contribution in [1.82, 2.24) is 0 Å². The summed E-state index contributed by atoms with van der Waals surface area (Å²) in [4.78, 5) is 0. The molecule has 4 rings (SSSR count). The molecule has 0 bridgehead atoms. The van der Waals surface area contributed by atoms with E-state index in [-0.39, 0.29) is 75.0 Å². The third-order valence-electron chi connectivity index (χ3n) is 7.63. The van der Waals surface area contributed by atoms with Gasteiger partial charge in [0.1, 0.15) is 0 Å². The fraction of sp³-hybridized carbons (Fsp3) is 0.714. The van der Waals surface area contributed by atoms with Gasteiger partial charge >= 0.3 is 58.2 Å². The van der Waals surface area contributed by atoms with Crippen LogP contribution in [0.25, 0.3) is 0 Å². The Kier molecular flexibility index (Phi) is 5.90. The first-order valence-electron chi connectivity index (χ1n) is 9.32. The third-order valence-corrected chi connectivity index (χ3v) is 7.88. The van der Waals surface area contributed by atoms with E-state index in [0.717, 1.165) is 19.3 Å². The molecule has 6 atom stereocenters. The SMILES string of the molecule is CC([S-])C1=CCC2C3=CC=C4CC(O)CCC4(C)C3CCC12C.[Rb+]. The van der Waals surface area contributed by atoms with Crippen LogP contribution in [-0.4, -0.2) is 16.5 Å². The molecule has 0 radical (unpaired) electrons. The van der Waals surface area contributed by atoms with Gasteiger partial charge in [0.05, 0.1) is 6.10 Å². The van der Waals surface area contributed by atoms with Gasteiger partial charge in [-0.05, 0) is 61.2 Å². The Bertz CT molecular complexity index is 619. The minimum Gasteiger partial charge on any atom is -0.785 e. The second kappa shape index (κ2) is 7.06. The van der Waals surface area contributed by atoms with E-state index in [1.165, 1.54) is 30.4 Å². The van der Waals surface area contributed by atoms with Gasteiger partial charge in [0, 0.05) is 0 Å². The van der Waals surface area contributed by atoms with Crippen LogP contribution in [0.15, 0.2) is 34.9 Å². The van der Waals surface area contributed by atoms with Gasteiger partial charge in [0.2, 0.25) is 0 Å². The molecule has 6 unspecified atom stereocenters. The normalized spacial score (nSPS) is 44.9. The van der Waals surface area contributed by atoms with E-state index in [0.29, 0.717) is 17.3 Å². The van der Waals surface area contributed by atoms with Crippen molar-refractivity contribution in [3.63, 3.8) is 0 Å². The van der Waals surface area contributed by atoms with Crippen molar-refractivity contribution >= 4 is 12.6 Å². The average Bonchev–Trinajstić information content (AvgIpc) is 2.85. The van der Waals surface area contributed by atoms with E-state index < -0.39 is 0 Å². The first kappa shape index (κ1) is 20.1. The van der Waals surface area contributed by atoms with Crippen molar-refractivity contribution in [2.75, 3.05) is 0 Å². The maximum absolute atomic E-state index is 10.1. The van der Waals surface area contributed by atoms with Gasteiger partial charge in [-0.15, -0.1) is 5.25 Å². The molecule has 2 saturated carbocycles. The van der Waals surface area contributed by atoms with Crippen molar-refractivity contribution in [3.05, 3.63) is 34.9 Å². The predicted octanol–water partition coefficient (Wildman–Crippen LogP) is 1.71. The van der Waals surface area contributed by atoms with Crippen LogP contribution in [0, 0.1) is 22.7 Å². The van der Waals surface area contributed by atoms with Crippen molar-refractivity contribution in [1.29, 1.82) is 0 Å². The topological polar surface area (TPSA) is 20.2 Å². The summed E-state index contributed by atoms with van der Waals surface area (Å²) in [5.74, 6) is 1.34. The van der Waals surface area contributed by atoms with Crippen LogP contribution in [0.2, 0.25) is 0 Å². The second-order valence-electron chi connectivity index (χ2n) is 8.77. The summed E-state index contributed by atoms with van der Waals surface area (Å²) in [5.41, 5.74) is 5.28. The number of aliphatic hydroxyl groups is 1. The fourth-order valence-corrected chi connectivity index (χ4v) is 6.60. The van der Waals surface area contributed by atoms with E-state index in [1.54, 1.807) is 5.57 Å². The van der Waals surface area contributed by atoms with Gasteiger partial charge in [-0.1, -0.05) is 55.7 Å². The second-order valence-corrected chi connectivity index (χ2v) is 9.48. The molecule has 4 aliphatic rings. The van der Waals surface area contributed by atoms with E-state index >= 15 is 0 Å². The number of allylic oxidation sites excluding steroid dienone is 4. The Balaban J connectivity index is 0.00000169. The predicted molar refractivity (Wildman–Crippen MR) is 98.0 cm³/mol. The van der Waals surface area contributed by atoms with Crippen LogP contribution in [0.5, 0.6) is 0 Å². The van der Waals surface area contributed by atoms with Crippen molar-refractivity contribution < 1.29 is 63.3 Å². The van der Waals surface area contributed by atoms with Gasteiger partial charge in [-0.2, -0.15) is 0 Å². The Labute approximate surface area is 201 Å². The molecule has 3 heteroatoms. The van der Waals surface area contributed by atoms with Crippen molar-refractivity contribution in [3.8, 4) is 0 Å². The molecule has 2 fully saturated rings. The van der Waals surface area contributed by atoms with Crippen LogP contribution in [-0.2, 0) is 12.6 Å². The van der Waals surface area contributed by atoms with Crippen molar-refractivity contribution in [2.45, 2.75) is 70.7 Å². The van der Waals surface area contributed by atoms with Crippen molar-refractivity contribution in [2.24, 2.45) is 22.7 Å². The molecule has 1 nitrogen and oxygen atoms in total. The summed E-state index contributed by atoms with van der Waals surface area (Å²) in [6, 6.07) is 0. The van der Waals surface area contributed by atoms with E-state index in [9.17, 15) is 5.11 Å². The molecule has 0 aromatic carbocycles. The minimum atomic E-state index is -0.126. The first-order valence-corrected chi connectivity index (χ1v) is 9.79. The summed E-state index contributed by atoms with van der Waals surface area (Å²) in [6.07, 6.45) is 13.8. The molecule has 1 N–H and O–H groups in total. The van der Waals surface area contributed by atoms with Gasteiger partial charge in [0.15, 0.2) is 0 Å². The van der Waals surface area contributed by atoms with E-state index in [2.05, 4.69) is 39.0 Å². The quantitative estimate of drug-likeness (QED) is 0.520. The molecule has 24 heavy (non-hydrogen) atoms. The minimum absolute atomic E-state index is 0. The summed E-state index contributed by atoms with van der Waals surface area (Å²) < 4.78 is 0. The molecule has 126 valence electrons. The molecule has 0 aromatic heterocycles. The first-order chi connectivity index (χ1) is 10.9. The zero-order valence-electron chi connectivity index (χ0n) is 15.6. The molecule has 0 amide bonds. The summed E-state index contributed by atoms with van der Waals surface area (Å²) in [7, 11) is 0. The molecule has 0 saturated heterocycles. The fourth-order valence-electron chi connectivity index (χ4n) is 6.23. The zero-order chi connectivity index (χ0) is 16.4. The molecular weight excluding hydrogens is 386 g/mol. The van der Waals surface area contributed by atoms with E-state index in [4.69, 9.17) is 12.6 Å². The Morgan fingerprint density at radius 3 is 2.54 bits per heavy atom. The average molecular weight is 415 g/mol. The van der Waals surface area contributed by atoms with Gasteiger partial charge in [-0.25, -0.2) is 0 Å². The number of rotatable bonds is 1. The largest absolute Gasteiger partial charge is 1.00 e. The van der Waals surface area contributed by atoms with Gasteiger partial charge < -0.3 is 17.7 Å². The summed E-state index contributed by atoms with van der Waals surface area (Å²) in [5, 5.41) is 10.3. The van der Waals surface area contributed by atoms with Crippen LogP contribution in [0.1, 0.15) is 59.3 Å². The number of fused-ring (bicyclic) bond motifs is 5. The molecular formula is C21H29ORbS. The molecule has 0 aliphatic heterocycles. The number of hydrogen-bond acceptors (Lipinski definition) is 2. The van der Waals surface area contributed by atoms with Gasteiger partial charge in [0.25, 0.3) is 0 Å². The van der Waals surface area contributed by atoms with Crippen LogP contribution in [0.3, 0.4) is 0 Å².